The van der Waals surface area contributed by atoms with E-state index in [-0.39, 0.29) is 31.3 Å². The Morgan fingerprint density at radius 3 is 2.76 bits per heavy atom. The third-order valence-electron chi connectivity index (χ3n) is 3.25. The lowest BCUT2D eigenvalue weighted by atomic mass is 9.86. The molecule has 1 atom stereocenters. The van der Waals surface area contributed by atoms with Crippen LogP contribution < -0.4 is 0 Å². The number of hydrogen-bond acceptors (Lipinski definition) is 4. The standard InChI is InChI=1S/C12H19FO4/c13-12(3-1-10(14)2-4-12)9-16-8-11-7-15-5-6-17-11/h11H,1-9H2/t11-/m1/s1. The summed E-state index contributed by atoms with van der Waals surface area (Å²) in [6, 6.07) is 0. The molecule has 1 aliphatic heterocycles. The summed E-state index contributed by atoms with van der Waals surface area (Å²) in [6.45, 7) is 2.12. The second kappa shape index (κ2) is 5.89. The topological polar surface area (TPSA) is 44.8 Å². The van der Waals surface area contributed by atoms with Crippen LogP contribution in [0.5, 0.6) is 0 Å². The van der Waals surface area contributed by atoms with Crippen LogP contribution in [-0.4, -0.2) is 50.6 Å². The molecule has 0 aromatic heterocycles. The van der Waals surface area contributed by atoms with Gasteiger partial charge in [-0.25, -0.2) is 4.39 Å². The van der Waals surface area contributed by atoms with Crippen molar-refractivity contribution in [2.24, 2.45) is 0 Å². The van der Waals surface area contributed by atoms with Crippen molar-refractivity contribution in [3.05, 3.63) is 0 Å². The van der Waals surface area contributed by atoms with Crippen molar-refractivity contribution in [1.29, 1.82) is 0 Å². The van der Waals surface area contributed by atoms with Gasteiger partial charge in [0.2, 0.25) is 0 Å². The molecule has 0 radical (unpaired) electrons. The van der Waals surface area contributed by atoms with Crippen LogP contribution in [-0.2, 0) is 19.0 Å². The molecule has 0 aromatic rings. The van der Waals surface area contributed by atoms with Crippen LogP contribution in [0.3, 0.4) is 0 Å². The number of halogens is 1. The molecule has 2 rings (SSSR count). The lowest BCUT2D eigenvalue weighted by Crippen LogP contribution is -2.38. The summed E-state index contributed by atoms with van der Waals surface area (Å²) in [5.41, 5.74) is -1.33. The first-order valence-electron chi connectivity index (χ1n) is 6.16. The van der Waals surface area contributed by atoms with E-state index >= 15 is 0 Å². The van der Waals surface area contributed by atoms with Gasteiger partial charge in [-0.1, -0.05) is 0 Å². The molecule has 0 bridgehead atoms. The first kappa shape index (κ1) is 12.9. The number of hydrogen-bond donors (Lipinski definition) is 0. The van der Waals surface area contributed by atoms with Crippen LogP contribution in [0.2, 0.25) is 0 Å². The summed E-state index contributed by atoms with van der Waals surface area (Å²) in [5, 5.41) is 0. The molecule has 0 N–H and O–H groups in total. The highest BCUT2D eigenvalue weighted by Gasteiger charge is 2.35. The van der Waals surface area contributed by atoms with Crippen molar-refractivity contribution in [2.75, 3.05) is 33.0 Å². The summed E-state index contributed by atoms with van der Waals surface area (Å²) < 4.78 is 30.1. The Labute approximate surface area is 100 Å². The minimum absolute atomic E-state index is 0.0557. The smallest absolute Gasteiger partial charge is 0.135 e. The van der Waals surface area contributed by atoms with E-state index in [1.165, 1.54) is 0 Å². The molecule has 4 nitrogen and oxygen atoms in total. The fraction of sp³-hybridized carbons (Fsp3) is 0.917. The maximum Gasteiger partial charge on any atom is 0.135 e. The number of carbonyl (C=O) groups is 1. The van der Waals surface area contributed by atoms with E-state index in [2.05, 4.69) is 0 Å². The maximum atomic E-state index is 14.2. The number of alkyl halides is 1. The van der Waals surface area contributed by atoms with Gasteiger partial charge in [0.05, 0.1) is 33.0 Å². The molecule has 2 aliphatic rings. The summed E-state index contributed by atoms with van der Waals surface area (Å²) in [5.74, 6) is 0.155. The molecular weight excluding hydrogens is 227 g/mol. The Bertz CT molecular complexity index is 253. The second-order valence-corrected chi connectivity index (χ2v) is 4.77. The zero-order valence-corrected chi connectivity index (χ0v) is 9.95. The molecular formula is C12H19FO4. The van der Waals surface area contributed by atoms with Crippen LogP contribution >= 0.6 is 0 Å². The lowest BCUT2D eigenvalue weighted by molar-refractivity contribution is -0.132. The zero-order valence-electron chi connectivity index (χ0n) is 9.95. The first-order chi connectivity index (χ1) is 8.18. The fourth-order valence-corrected chi connectivity index (χ4v) is 2.13. The monoisotopic (exact) mass is 246 g/mol. The Morgan fingerprint density at radius 1 is 1.35 bits per heavy atom. The van der Waals surface area contributed by atoms with Gasteiger partial charge in [0.25, 0.3) is 0 Å². The van der Waals surface area contributed by atoms with Crippen molar-refractivity contribution >= 4 is 5.78 Å². The third-order valence-corrected chi connectivity index (χ3v) is 3.25. The van der Waals surface area contributed by atoms with Crippen LogP contribution in [0, 0.1) is 0 Å². The van der Waals surface area contributed by atoms with E-state index < -0.39 is 5.67 Å². The molecule has 1 saturated carbocycles. The Hall–Kier alpha value is -0.520. The maximum absolute atomic E-state index is 14.2. The predicted octanol–water partition coefficient (Wildman–Crippen LogP) is 1.27. The van der Waals surface area contributed by atoms with Crippen LogP contribution in [0.25, 0.3) is 0 Å². The average molecular weight is 246 g/mol. The molecule has 0 amide bonds. The molecule has 0 aromatic carbocycles. The largest absolute Gasteiger partial charge is 0.376 e. The van der Waals surface area contributed by atoms with Gasteiger partial charge in [-0.05, 0) is 12.8 Å². The molecule has 5 heteroatoms. The molecule has 1 aliphatic carbocycles. The summed E-state index contributed by atoms with van der Waals surface area (Å²) >= 11 is 0. The molecule has 98 valence electrons. The fourth-order valence-electron chi connectivity index (χ4n) is 2.13. The Kier molecular flexibility index (Phi) is 4.48. The van der Waals surface area contributed by atoms with Gasteiger partial charge in [-0.3, -0.25) is 4.79 Å². The lowest BCUT2D eigenvalue weighted by Gasteiger charge is -2.29. The number of rotatable bonds is 4. The summed E-state index contributed by atoms with van der Waals surface area (Å²) in [6.07, 6.45) is 1.16. The molecule has 0 unspecified atom stereocenters. The van der Waals surface area contributed by atoms with E-state index in [0.29, 0.717) is 39.3 Å². The van der Waals surface area contributed by atoms with Crippen molar-refractivity contribution in [3.63, 3.8) is 0 Å². The van der Waals surface area contributed by atoms with Crippen molar-refractivity contribution < 1.29 is 23.4 Å². The Balaban J connectivity index is 1.65. The minimum Gasteiger partial charge on any atom is -0.376 e. The van der Waals surface area contributed by atoms with Gasteiger partial charge >= 0.3 is 0 Å². The SMILES string of the molecule is O=C1CCC(F)(COC[C@H]2COCCO2)CC1. The molecule has 2 fully saturated rings. The van der Waals surface area contributed by atoms with Gasteiger partial charge in [-0.15, -0.1) is 0 Å². The number of ketones is 1. The highest BCUT2D eigenvalue weighted by atomic mass is 19.1. The molecule has 0 spiro atoms. The third kappa shape index (κ3) is 4.01. The van der Waals surface area contributed by atoms with Gasteiger partial charge < -0.3 is 14.2 Å². The second-order valence-electron chi connectivity index (χ2n) is 4.77. The first-order valence-corrected chi connectivity index (χ1v) is 6.16. The molecule has 17 heavy (non-hydrogen) atoms. The van der Waals surface area contributed by atoms with Crippen LogP contribution in [0.1, 0.15) is 25.7 Å². The number of carbonyl (C=O) groups excluding carboxylic acids is 1. The van der Waals surface area contributed by atoms with Crippen LogP contribution in [0.15, 0.2) is 0 Å². The Morgan fingerprint density at radius 2 is 2.12 bits per heavy atom. The summed E-state index contributed by atoms with van der Waals surface area (Å²) in [4.78, 5) is 11.0. The van der Waals surface area contributed by atoms with E-state index in [9.17, 15) is 9.18 Å². The van der Waals surface area contributed by atoms with Gasteiger partial charge in [0.15, 0.2) is 0 Å². The highest BCUT2D eigenvalue weighted by Crippen LogP contribution is 2.30. The predicted molar refractivity (Wildman–Crippen MR) is 58.7 cm³/mol. The summed E-state index contributed by atoms with van der Waals surface area (Å²) in [7, 11) is 0. The normalized spacial score (nSPS) is 29.2. The van der Waals surface area contributed by atoms with E-state index in [0.717, 1.165) is 0 Å². The van der Waals surface area contributed by atoms with Crippen molar-refractivity contribution in [3.8, 4) is 0 Å². The quantitative estimate of drug-likeness (QED) is 0.749. The van der Waals surface area contributed by atoms with Gasteiger partial charge in [0.1, 0.15) is 17.6 Å². The number of ether oxygens (including phenoxy) is 3. The minimum atomic E-state index is -1.33. The van der Waals surface area contributed by atoms with Crippen LogP contribution in [0.4, 0.5) is 4.39 Å². The highest BCUT2D eigenvalue weighted by molar-refractivity contribution is 5.79. The van der Waals surface area contributed by atoms with E-state index in [1.807, 2.05) is 0 Å². The van der Waals surface area contributed by atoms with Crippen molar-refractivity contribution in [2.45, 2.75) is 37.5 Å². The van der Waals surface area contributed by atoms with Gasteiger partial charge in [0, 0.05) is 12.8 Å². The molecule has 1 saturated heterocycles. The van der Waals surface area contributed by atoms with E-state index in [1.54, 1.807) is 0 Å². The number of Topliss-reactive ketones (excluding diaryl/α,β-unsaturated/α-hetero) is 1. The average Bonchev–Trinajstić information content (AvgIpc) is 2.35. The zero-order chi connectivity index (χ0) is 12.1. The van der Waals surface area contributed by atoms with Crippen molar-refractivity contribution in [1.82, 2.24) is 0 Å². The van der Waals surface area contributed by atoms with E-state index in [4.69, 9.17) is 14.2 Å². The van der Waals surface area contributed by atoms with Gasteiger partial charge in [-0.2, -0.15) is 0 Å². The molecule has 1 heterocycles.